The Bertz CT molecular complexity index is 1730. The van der Waals surface area contributed by atoms with Gasteiger partial charge in [0, 0.05) is 62.4 Å². The van der Waals surface area contributed by atoms with Crippen molar-refractivity contribution < 1.29 is 68.0 Å². The smallest absolute Gasteiger partial charge is 0.407 e. The van der Waals surface area contributed by atoms with Crippen LogP contribution in [0.15, 0.2) is 6.20 Å². The maximum Gasteiger partial charge on any atom is 0.407 e. The summed E-state index contributed by atoms with van der Waals surface area (Å²) in [4.78, 5) is 41.8. The Balaban J connectivity index is 1.46. The number of hydrogen-bond donors (Lipinski definition) is 5. The van der Waals surface area contributed by atoms with Gasteiger partial charge in [-0.25, -0.2) is 9.48 Å². The van der Waals surface area contributed by atoms with Crippen LogP contribution in [0.5, 0.6) is 0 Å². The molecule has 5 N–H and O–H groups in total. The Morgan fingerprint density at radius 2 is 1.66 bits per heavy atom. The predicted octanol–water partition coefficient (Wildman–Crippen LogP) is 2.37. The Labute approximate surface area is 378 Å². The van der Waals surface area contributed by atoms with Crippen molar-refractivity contribution >= 4 is 17.8 Å². The van der Waals surface area contributed by atoms with E-state index in [0.29, 0.717) is 44.6 Å². The van der Waals surface area contributed by atoms with Crippen molar-refractivity contribution in [1.82, 2.24) is 25.2 Å². The molecule has 19 nitrogen and oxygen atoms in total. The Morgan fingerprint density at radius 1 is 0.969 bits per heavy atom. The van der Waals surface area contributed by atoms with Gasteiger partial charge in [0.1, 0.15) is 29.7 Å². The molecule has 0 aromatic carbocycles. The summed E-state index contributed by atoms with van der Waals surface area (Å²) in [7, 11) is 3.52. The molecular formula is C45H77N5O14. The van der Waals surface area contributed by atoms with E-state index in [2.05, 4.69) is 15.6 Å². The Morgan fingerprint density at radius 3 is 2.28 bits per heavy atom. The van der Waals surface area contributed by atoms with E-state index in [1.807, 2.05) is 39.6 Å². The number of Topliss-reactive ketones (excluding diaryl/α,β-unsaturated/α-hetero) is 1. The van der Waals surface area contributed by atoms with Crippen LogP contribution in [-0.4, -0.2) is 170 Å². The van der Waals surface area contributed by atoms with Crippen molar-refractivity contribution in [1.29, 1.82) is 0 Å². The van der Waals surface area contributed by atoms with Crippen molar-refractivity contribution in [3.05, 3.63) is 11.9 Å². The maximum atomic E-state index is 14.3. The number of aliphatic hydroxyl groups is 4. The van der Waals surface area contributed by atoms with Gasteiger partial charge in [0.25, 0.3) is 0 Å². The first-order chi connectivity index (χ1) is 29.8. The van der Waals surface area contributed by atoms with E-state index in [0.717, 1.165) is 0 Å². The van der Waals surface area contributed by atoms with E-state index in [1.165, 1.54) is 13.8 Å². The molecule has 0 spiro atoms. The number of carbonyl (C=O) groups is 3. The van der Waals surface area contributed by atoms with Gasteiger partial charge in [-0.3, -0.25) is 9.59 Å². The van der Waals surface area contributed by atoms with E-state index in [-0.39, 0.29) is 31.0 Å². The van der Waals surface area contributed by atoms with Gasteiger partial charge in [0.05, 0.1) is 66.4 Å². The summed E-state index contributed by atoms with van der Waals surface area (Å²) >= 11 is 0. The third-order valence-corrected chi connectivity index (χ3v) is 14.8. The number of amides is 1. The number of aliphatic hydroxyl groups excluding tert-OH is 2. The number of methoxy groups -OCH3 is 1. The third-order valence-electron chi connectivity index (χ3n) is 14.8. The topological polar surface area (TPSA) is 243 Å². The molecule has 64 heavy (non-hydrogen) atoms. The molecule has 1 aromatic rings. The fraction of sp³-hybridized carbons (Fsp3) is 0.889. The number of esters is 1. The van der Waals surface area contributed by atoms with Crippen LogP contribution >= 0.6 is 0 Å². The van der Waals surface area contributed by atoms with Crippen LogP contribution in [0.2, 0.25) is 0 Å². The van der Waals surface area contributed by atoms with E-state index in [9.17, 15) is 34.8 Å². The molecule has 366 valence electrons. The number of ketones is 1. The highest BCUT2D eigenvalue weighted by molar-refractivity contribution is 5.83. The van der Waals surface area contributed by atoms with Crippen LogP contribution in [0.3, 0.4) is 0 Å². The van der Waals surface area contributed by atoms with Gasteiger partial charge in [-0.2, -0.15) is 0 Å². The molecule has 0 saturated carbocycles. The number of carbonyl (C=O) groups excluding carboxylic acids is 3. The highest BCUT2D eigenvalue weighted by Gasteiger charge is 2.53. The molecule has 0 aliphatic carbocycles. The zero-order chi connectivity index (χ0) is 47.6. The Kier molecular flexibility index (Phi) is 17.1. The lowest BCUT2D eigenvalue weighted by molar-refractivity contribution is -0.314. The fourth-order valence-electron chi connectivity index (χ4n) is 10.2. The normalized spacial score (nSPS) is 44.2. The van der Waals surface area contributed by atoms with Crippen molar-refractivity contribution in [3.63, 3.8) is 0 Å². The van der Waals surface area contributed by atoms with E-state index < -0.39 is 114 Å². The minimum absolute atomic E-state index is 0.00662. The molecule has 0 unspecified atom stereocenters. The number of rotatable bonds is 12. The van der Waals surface area contributed by atoms with Crippen LogP contribution < -0.4 is 5.32 Å². The lowest BCUT2D eigenvalue weighted by atomic mass is 9.74. The largest absolute Gasteiger partial charge is 0.459 e. The number of aromatic nitrogens is 3. The van der Waals surface area contributed by atoms with Crippen molar-refractivity contribution in [2.75, 3.05) is 27.2 Å². The standard InChI is InChI=1S/C45H77N5O14/c1-14-33-45(11,57)38(53)25(4)35(51)23(2)18-43(9,56)39(26(5)37(27(6)40(54)62-33)63-34-19-44(10,58-13)28(7)29(8)60-34)64-41-36(52)32(17-24(3)59-41)49(12)16-15-30-21-50(48-47-30)22-31-20-46-42(55)61-31/h21,23-29,31-34,36-39,41,52-53,56-57H,14-20,22H2,1-13H3,(H,46,55)/t23-,24-,25+,26+,27-,28+,29+,31-,32+,33-,34+,36-,37+,38-,39-,41+,43-,44-,45-/m1/s1. The summed E-state index contributed by atoms with van der Waals surface area (Å²) in [5, 5.41) is 59.1. The second kappa shape index (κ2) is 21.0. The van der Waals surface area contributed by atoms with Crippen LogP contribution in [0, 0.1) is 29.6 Å². The number of ether oxygens (including phenoxy) is 7. The summed E-state index contributed by atoms with van der Waals surface area (Å²) in [6.45, 7) is 20.2. The van der Waals surface area contributed by atoms with E-state index in [1.54, 1.807) is 52.6 Å². The molecule has 19 heteroatoms. The van der Waals surface area contributed by atoms with Crippen LogP contribution in [0.25, 0.3) is 0 Å². The van der Waals surface area contributed by atoms with E-state index in [4.69, 9.17) is 33.2 Å². The van der Waals surface area contributed by atoms with Crippen LogP contribution in [-0.2, 0) is 55.7 Å². The summed E-state index contributed by atoms with van der Waals surface area (Å²) < 4.78 is 45.2. The van der Waals surface area contributed by atoms with Gasteiger partial charge in [-0.05, 0) is 67.9 Å². The molecule has 4 fully saturated rings. The second-order valence-electron chi connectivity index (χ2n) is 19.9. The zero-order valence-electron chi connectivity index (χ0n) is 40.1. The van der Waals surface area contributed by atoms with Gasteiger partial charge in [-0.1, -0.05) is 39.8 Å². The first-order valence-electron chi connectivity index (χ1n) is 23.1. The average Bonchev–Trinajstić information content (AvgIpc) is 3.88. The monoisotopic (exact) mass is 912 g/mol. The minimum Gasteiger partial charge on any atom is -0.459 e. The highest BCUT2D eigenvalue weighted by Crippen LogP contribution is 2.42. The quantitative estimate of drug-likeness (QED) is 0.189. The van der Waals surface area contributed by atoms with Crippen molar-refractivity contribution in [2.24, 2.45) is 29.6 Å². The summed E-state index contributed by atoms with van der Waals surface area (Å²) in [6.07, 6.45) is -6.91. The highest BCUT2D eigenvalue weighted by atomic mass is 16.7. The second-order valence-corrected chi connectivity index (χ2v) is 19.9. The fourth-order valence-corrected chi connectivity index (χ4v) is 10.2. The average molecular weight is 912 g/mol. The van der Waals surface area contributed by atoms with Gasteiger partial charge < -0.3 is 63.8 Å². The lowest BCUT2D eigenvalue weighted by Gasteiger charge is -2.49. The number of cyclic esters (lactones) is 2. The molecule has 1 aromatic heterocycles. The number of hydrogen-bond acceptors (Lipinski definition) is 17. The van der Waals surface area contributed by atoms with Gasteiger partial charge >= 0.3 is 12.1 Å². The number of likely N-dealkylation sites (N-methyl/N-ethyl adjacent to an activating group) is 1. The van der Waals surface area contributed by atoms with Crippen molar-refractivity contribution in [3.8, 4) is 0 Å². The molecule has 0 bridgehead atoms. The summed E-state index contributed by atoms with van der Waals surface area (Å²) in [6, 6.07) is -0.458. The molecule has 4 aliphatic rings. The first-order valence-corrected chi connectivity index (χ1v) is 23.1. The van der Waals surface area contributed by atoms with Gasteiger partial charge in [-0.15, -0.1) is 5.10 Å². The summed E-state index contributed by atoms with van der Waals surface area (Å²) in [5.74, 6) is -5.02. The predicted molar refractivity (Wildman–Crippen MR) is 230 cm³/mol. The molecule has 1 amide bonds. The first kappa shape index (κ1) is 52.1. The van der Waals surface area contributed by atoms with E-state index >= 15 is 0 Å². The molecule has 5 rings (SSSR count). The summed E-state index contributed by atoms with van der Waals surface area (Å²) in [5.41, 5.74) is -3.77. The SMILES string of the molecule is CC[C@H]1OC(=O)[C@H](C)[C@@H](O[C@H]2C[C@@](C)(OC)[C@@H](C)[C@H](C)O2)[C@H](C)[C@@H](O[C@@H]2O[C@H](C)C[C@H](N(C)CCc3cn(C[C@H]4CNC(=O)O4)nn3)[C@H]2O)[C@](C)(O)C[C@@H](C)C(=O)[C@H](C)[C@@H](O)[C@]1(C)O. The molecule has 5 heterocycles. The number of nitrogens with one attached hydrogen (secondary N) is 1. The van der Waals surface area contributed by atoms with Crippen molar-refractivity contribution in [2.45, 2.75) is 199 Å². The molecule has 19 atom stereocenters. The lowest BCUT2D eigenvalue weighted by Crippen LogP contribution is -2.61. The van der Waals surface area contributed by atoms with Crippen LogP contribution in [0.1, 0.15) is 108 Å². The molecule has 4 saturated heterocycles. The zero-order valence-corrected chi connectivity index (χ0v) is 40.1. The van der Waals surface area contributed by atoms with Gasteiger partial charge in [0.2, 0.25) is 0 Å². The van der Waals surface area contributed by atoms with Crippen LogP contribution in [0.4, 0.5) is 4.79 Å². The minimum atomic E-state index is -2.00. The Hall–Kier alpha value is -2.85. The maximum absolute atomic E-state index is 14.3. The molecule has 4 aliphatic heterocycles. The van der Waals surface area contributed by atoms with Gasteiger partial charge in [0.15, 0.2) is 12.6 Å². The third kappa shape index (κ3) is 11.6. The number of nitrogens with zero attached hydrogens (tertiary/aromatic N) is 4. The molecule has 0 radical (unpaired) electrons. The molecular weight excluding hydrogens is 835 g/mol. The number of alkyl carbamates (subject to hydrolysis) is 1.